The first-order valence-corrected chi connectivity index (χ1v) is 6.88. The van der Waals surface area contributed by atoms with Crippen molar-refractivity contribution in [3.05, 3.63) is 23.8 Å². The smallest absolute Gasteiger partial charge is 0.340 e. The molecule has 0 aliphatic carbocycles. The number of carbonyl (C=O) groups excluding carboxylic acids is 1. The Kier molecular flexibility index (Phi) is 6.79. The summed E-state index contributed by atoms with van der Waals surface area (Å²) in [6, 6.07) is 5.10. The topological polar surface area (TPSA) is 61.5 Å². The number of ether oxygens (including phenoxy) is 2. The van der Waals surface area contributed by atoms with Gasteiger partial charge in [0.1, 0.15) is 5.75 Å². The minimum atomic E-state index is -0.406. The highest BCUT2D eigenvalue weighted by Crippen LogP contribution is 2.21. The van der Waals surface area contributed by atoms with Crippen LogP contribution >= 0.6 is 0 Å². The first-order valence-electron chi connectivity index (χ1n) is 6.88. The molecule has 4 heteroatoms. The Balaban J connectivity index is 2.55. The van der Waals surface area contributed by atoms with Gasteiger partial charge in [-0.05, 0) is 31.5 Å². The molecule has 0 spiro atoms. The van der Waals surface area contributed by atoms with E-state index in [0.717, 1.165) is 12.8 Å². The number of esters is 1. The largest absolute Gasteiger partial charge is 0.494 e. The molecule has 0 saturated carbocycles. The highest BCUT2D eigenvalue weighted by atomic mass is 16.5. The van der Waals surface area contributed by atoms with Crippen molar-refractivity contribution in [1.82, 2.24) is 0 Å². The molecule has 0 radical (unpaired) electrons. The van der Waals surface area contributed by atoms with Crippen LogP contribution in [0.2, 0.25) is 0 Å². The molecule has 0 saturated heterocycles. The summed E-state index contributed by atoms with van der Waals surface area (Å²) >= 11 is 0. The number of unbranched alkanes of at least 4 members (excludes halogenated alkanes) is 3. The molecule has 4 nitrogen and oxygen atoms in total. The number of hydrogen-bond donors (Lipinski definition) is 1. The molecule has 2 N–H and O–H groups in total. The highest BCUT2D eigenvalue weighted by molar-refractivity contribution is 5.95. The molecule has 1 aromatic carbocycles. The Morgan fingerprint density at radius 1 is 1.21 bits per heavy atom. The van der Waals surface area contributed by atoms with E-state index in [1.54, 1.807) is 25.1 Å². The van der Waals surface area contributed by atoms with E-state index in [1.165, 1.54) is 12.8 Å². The van der Waals surface area contributed by atoms with Gasteiger partial charge in [0.25, 0.3) is 0 Å². The second-order valence-corrected chi connectivity index (χ2v) is 4.38. The van der Waals surface area contributed by atoms with Gasteiger partial charge in [0.05, 0.1) is 18.8 Å². The summed E-state index contributed by atoms with van der Waals surface area (Å²) in [7, 11) is 0. The van der Waals surface area contributed by atoms with E-state index in [4.69, 9.17) is 15.2 Å². The van der Waals surface area contributed by atoms with Crippen LogP contribution in [-0.4, -0.2) is 19.2 Å². The molecular formula is C15H23NO3. The molecule has 0 bridgehead atoms. The van der Waals surface area contributed by atoms with Gasteiger partial charge in [-0.15, -0.1) is 0 Å². The summed E-state index contributed by atoms with van der Waals surface area (Å²) in [5, 5.41) is 0. The SMILES string of the molecule is CCCCCCOc1ccc(N)c(C(=O)OCC)c1. The summed E-state index contributed by atoms with van der Waals surface area (Å²) < 4.78 is 10.6. The van der Waals surface area contributed by atoms with Gasteiger partial charge in [-0.3, -0.25) is 0 Å². The third kappa shape index (κ3) is 5.20. The third-order valence-corrected chi connectivity index (χ3v) is 2.79. The van der Waals surface area contributed by atoms with Crippen molar-refractivity contribution in [1.29, 1.82) is 0 Å². The number of anilines is 1. The molecule has 0 amide bonds. The van der Waals surface area contributed by atoms with Crippen molar-refractivity contribution in [2.45, 2.75) is 39.5 Å². The number of benzene rings is 1. The first-order chi connectivity index (χ1) is 9.19. The fraction of sp³-hybridized carbons (Fsp3) is 0.533. The Labute approximate surface area is 114 Å². The standard InChI is InChI=1S/C15H23NO3/c1-3-5-6-7-10-19-12-8-9-14(16)13(11-12)15(17)18-4-2/h8-9,11H,3-7,10,16H2,1-2H3. The van der Waals surface area contributed by atoms with E-state index in [9.17, 15) is 4.79 Å². The fourth-order valence-corrected chi connectivity index (χ4v) is 1.73. The van der Waals surface area contributed by atoms with E-state index < -0.39 is 5.97 Å². The lowest BCUT2D eigenvalue weighted by atomic mass is 10.1. The minimum Gasteiger partial charge on any atom is -0.494 e. The van der Waals surface area contributed by atoms with E-state index >= 15 is 0 Å². The number of nitrogens with two attached hydrogens (primary N) is 1. The number of rotatable bonds is 8. The molecule has 1 aromatic rings. The lowest BCUT2D eigenvalue weighted by Gasteiger charge is -2.09. The molecule has 1 rings (SSSR count). The molecule has 0 unspecified atom stereocenters. The lowest BCUT2D eigenvalue weighted by Crippen LogP contribution is -2.08. The van der Waals surface area contributed by atoms with Crippen LogP contribution in [0.4, 0.5) is 5.69 Å². The fourth-order valence-electron chi connectivity index (χ4n) is 1.73. The van der Waals surface area contributed by atoms with E-state index in [0.29, 0.717) is 30.2 Å². The van der Waals surface area contributed by atoms with Crippen LogP contribution in [0.15, 0.2) is 18.2 Å². The lowest BCUT2D eigenvalue weighted by molar-refractivity contribution is 0.0527. The van der Waals surface area contributed by atoms with Crippen molar-refractivity contribution in [2.24, 2.45) is 0 Å². The van der Waals surface area contributed by atoms with Crippen LogP contribution < -0.4 is 10.5 Å². The van der Waals surface area contributed by atoms with E-state index in [-0.39, 0.29) is 0 Å². The van der Waals surface area contributed by atoms with Crippen molar-refractivity contribution in [2.75, 3.05) is 18.9 Å². The van der Waals surface area contributed by atoms with Gasteiger partial charge in [0, 0.05) is 5.69 Å². The van der Waals surface area contributed by atoms with Crippen LogP contribution in [0.25, 0.3) is 0 Å². The van der Waals surface area contributed by atoms with Crippen LogP contribution in [-0.2, 0) is 4.74 Å². The van der Waals surface area contributed by atoms with Crippen LogP contribution in [0.1, 0.15) is 49.9 Å². The second-order valence-electron chi connectivity index (χ2n) is 4.38. The highest BCUT2D eigenvalue weighted by Gasteiger charge is 2.11. The monoisotopic (exact) mass is 265 g/mol. The molecule has 106 valence electrons. The zero-order valence-electron chi connectivity index (χ0n) is 11.8. The normalized spacial score (nSPS) is 10.2. The van der Waals surface area contributed by atoms with Gasteiger partial charge in [-0.1, -0.05) is 26.2 Å². The maximum absolute atomic E-state index is 11.7. The maximum atomic E-state index is 11.7. The molecule has 0 aliphatic rings. The number of hydrogen-bond acceptors (Lipinski definition) is 4. The van der Waals surface area contributed by atoms with Crippen LogP contribution in [0.5, 0.6) is 5.75 Å². The first kappa shape index (κ1) is 15.3. The summed E-state index contributed by atoms with van der Waals surface area (Å²) in [5.74, 6) is 0.255. The Hall–Kier alpha value is -1.71. The van der Waals surface area contributed by atoms with Crippen LogP contribution in [0.3, 0.4) is 0 Å². The molecule has 19 heavy (non-hydrogen) atoms. The van der Waals surface area contributed by atoms with Gasteiger partial charge in [0.15, 0.2) is 0 Å². The van der Waals surface area contributed by atoms with Gasteiger partial charge < -0.3 is 15.2 Å². The summed E-state index contributed by atoms with van der Waals surface area (Å²) in [6.45, 7) is 4.93. The quantitative estimate of drug-likeness (QED) is 0.444. The van der Waals surface area contributed by atoms with Crippen LogP contribution in [0, 0.1) is 0 Å². The van der Waals surface area contributed by atoms with Gasteiger partial charge in [-0.25, -0.2) is 4.79 Å². The summed E-state index contributed by atoms with van der Waals surface area (Å²) in [5.41, 5.74) is 6.54. The van der Waals surface area contributed by atoms with Crippen molar-refractivity contribution >= 4 is 11.7 Å². The maximum Gasteiger partial charge on any atom is 0.340 e. The average molecular weight is 265 g/mol. The van der Waals surface area contributed by atoms with Gasteiger partial charge in [-0.2, -0.15) is 0 Å². The third-order valence-electron chi connectivity index (χ3n) is 2.79. The number of nitrogen functional groups attached to an aromatic ring is 1. The molecule has 0 aliphatic heterocycles. The molecular weight excluding hydrogens is 242 g/mol. The summed E-state index contributed by atoms with van der Waals surface area (Å²) in [4.78, 5) is 11.7. The average Bonchev–Trinajstić information content (AvgIpc) is 2.40. The molecule has 0 atom stereocenters. The zero-order valence-corrected chi connectivity index (χ0v) is 11.8. The molecule has 0 heterocycles. The van der Waals surface area contributed by atoms with Gasteiger partial charge in [0.2, 0.25) is 0 Å². The second kappa shape index (κ2) is 8.40. The van der Waals surface area contributed by atoms with E-state index in [1.807, 2.05) is 0 Å². The predicted octanol–water partition coefficient (Wildman–Crippen LogP) is 3.40. The Bertz CT molecular complexity index is 404. The minimum absolute atomic E-state index is 0.334. The number of carbonyl (C=O) groups is 1. The van der Waals surface area contributed by atoms with Crippen molar-refractivity contribution < 1.29 is 14.3 Å². The predicted molar refractivity (Wildman–Crippen MR) is 76.4 cm³/mol. The Morgan fingerprint density at radius 2 is 2.00 bits per heavy atom. The zero-order chi connectivity index (χ0) is 14.1. The van der Waals surface area contributed by atoms with E-state index in [2.05, 4.69) is 6.92 Å². The van der Waals surface area contributed by atoms with Crippen molar-refractivity contribution in [3.63, 3.8) is 0 Å². The van der Waals surface area contributed by atoms with Gasteiger partial charge >= 0.3 is 5.97 Å². The Morgan fingerprint density at radius 3 is 2.68 bits per heavy atom. The van der Waals surface area contributed by atoms with Crippen molar-refractivity contribution in [3.8, 4) is 5.75 Å². The summed E-state index contributed by atoms with van der Waals surface area (Å²) in [6.07, 6.45) is 4.61. The molecule has 0 fully saturated rings. The molecule has 0 aromatic heterocycles.